The predicted molar refractivity (Wildman–Crippen MR) is 107 cm³/mol. The molecule has 0 atom stereocenters. The first kappa shape index (κ1) is 25.2. The molecular weight excluding hydrogens is 479 g/mol. The zero-order valence-corrected chi connectivity index (χ0v) is 17.8. The number of nitrogens with zero attached hydrogens (tertiary/aromatic N) is 2. The highest BCUT2D eigenvalue weighted by Gasteiger charge is 2.39. The molecule has 1 aliphatic rings. The maximum Gasteiger partial charge on any atom is 0.416 e. The van der Waals surface area contributed by atoms with E-state index in [4.69, 9.17) is 5.14 Å². The Bertz CT molecular complexity index is 1050. The normalized spacial score (nSPS) is 16.7. The second-order valence-electron chi connectivity index (χ2n) is 7.74. The van der Waals surface area contributed by atoms with Crippen LogP contribution in [0.2, 0.25) is 0 Å². The van der Waals surface area contributed by atoms with Gasteiger partial charge in [-0.1, -0.05) is 12.1 Å². The Morgan fingerprint density at radius 2 is 1.39 bits per heavy atom. The van der Waals surface area contributed by atoms with Crippen molar-refractivity contribution in [2.24, 2.45) is 5.14 Å². The minimum Gasteiger partial charge on any atom is -0.299 e. The molecule has 0 radical (unpaired) electrons. The Hall–Kier alpha value is -2.38. The van der Waals surface area contributed by atoms with E-state index in [0.29, 0.717) is 36.1 Å². The number of anilines is 1. The molecule has 0 aromatic heterocycles. The number of likely N-dealkylation sites (tertiary alicyclic amines) is 1. The summed E-state index contributed by atoms with van der Waals surface area (Å²) in [5.41, 5.74) is -3.26. The van der Waals surface area contributed by atoms with Crippen LogP contribution in [0.1, 0.15) is 29.5 Å². The Morgan fingerprint density at radius 1 is 0.909 bits per heavy atom. The Morgan fingerprint density at radius 3 is 1.82 bits per heavy atom. The van der Waals surface area contributed by atoms with Gasteiger partial charge >= 0.3 is 12.4 Å². The monoisotopic (exact) mass is 499 g/mol. The summed E-state index contributed by atoms with van der Waals surface area (Å²) in [6.45, 7) is 1.03. The highest BCUT2D eigenvalue weighted by molar-refractivity contribution is 7.90. The number of hydrogen-bond donors (Lipinski definition) is 1. The summed E-state index contributed by atoms with van der Waals surface area (Å²) in [7, 11) is -4.68. The van der Waals surface area contributed by atoms with Crippen LogP contribution in [-0.4, -0.2) is 32.4 Å². The first-order chi connectivity index (χ1) is 15.1. The molecule has 182 valence electrons. The number of halogens is 7. The lowest BCUT2D eigenvalue weighted by Gasteiger charge is -2.38. The van der Waals surface area contributed by atoms with Crippen LogP contribution < -0.4 is 9.44 Å². The molecule has 1 fully saturated rings. The maximum absolute atomic E-state index is 13.2. The molecule has 0 saturated carbocycles. The molecule has 0 spiro atoms. The molecule has 1 saturated heterocycles. The van der Waals surface area contributed by atoms with Gasteiger partial charge in [0.15, 0.2) is 0 Å². The van der Waals surface area contributed by atoms with Gasteiger partial charge in [-0.15, -0.1) is 0 Å². The third-order valence-electron chi connectivity index (χ3n) is 5.31. The molecule has 2 aromatic carbocycles. The first-order valence-corrected chi connectivity index (χ1v) is 11.2. The Labute approximate surface area is 185 Å². The third-order valence-corrected chi connectivity index (χ3v) is 6.37. The molecule has 3 rings (SSSR count). The van der Waals surface area contributed by atoms with Crippen LogP contribution in [0.5, 0.6) is 0 Å². The van der Waals surface area contributed by atoms with Gasteiger partial charge in [-0.05, 0) is 48.7 Å². The van der Waals surface area contributed by atoms with Crippen LogP contribution in [-0.2, 0) is 29.1 Å². The number of rotatable bonds is 5. The standard InChI is InChI=1S/C20H20F7N3O2S/c21-16-3-1-13(2-4-16)12-29-7-5-17(6-8-29)30(33(28,31)32)18-10-14(19(22,23)24)9-15(11-18)20(25,26)27/h1-4,9-11,17H,5-8,12H2,(H2,28,31,32). The summed E-state index contributed by atoms with van der Waals surface area (Å²) < 4.78 is 117. The van der Waals surface area contributed by atoms with Crippen molar-refractivity contribution in [1.29, 1.82) is 0 Å². The zero-order chi connectivity index (χ0) is 24.6. The second kappa shape index (κ2) is 9.11. The van der Waals surface area contributed by atoms with Crippen molar-refractivity contribution in [3.8, 4) is 0 Å². The SMILES string of the molecule is NS(=O)(=O)N(c1cc(C(F)(F)F)cc(C(F)(F)F)c1)C1CCN(Cc2ccc(F)cc2)CC1. The van der Waals surface area contributed by atoms with E-state index in [2.05, 4.69) is 0 Å². The highest BCUT2D eigenvalue weighted by atomic mass is 32.2. The molecule has 1 aliphatic heterocycles. The maximum atomic E-state index is 13.2. The van der Waals surface area contributed by atoms with E-state index in [0.717, 1.165) is 5.56 Å². The number of benzene rings is 2. The Kier molecular flexibility index (Phi) is 6.97. The Balaban J connectivity index is 1.87. The number of piperidine rings is 1. The fourth-order valence-electron chi connectivity index (χ4n) is 3.79. The first-order valence-electron chi connectivity index (χ1n) is 9.73. The molecule has 0 bridgehead atoms. The van der Waals surface area contributed by atoms with Crippen LogP contribution in [0, 0.1) is 5.82 Å². The molecule has 0 unspecified atom stereocenters. The highest BCUT2D eigenvalue weighted by Crippen LogP contribution is 2.39. The quantitative estimate of drug-likeness (QED) is 0.615. The average Bonchev–Trinajstić information content (AvgIpc) is 2.69. The van der Waals surface area contributed by atoms with E-state index in [1.54, 1.807) is 12.1 Å². The topological polar surface area (TPSA) is 66.6 Å². The van der Waals surface area contributed by atoms with Gasteiger partial charge in [0.25, 0.3) is 10.2 Å². The van der Waals surface area contributed by atoms with Gasteiger partial charge in [-0.25, -0.2) is 9.53 Å². The number of hydrogen-bond acceptors (Lipinski definition) is 3. The summed E-state index contributed by atoms with van der Waals surface area (Å²) in [6, 6.07) is 5.44. The third kappa shape index (κ3) is 6.36. The average molecular weight is 499 g/mol. The molecule has 2 N–H and O–H groups in total. The van der Waals surface area contributed by atoms with Crippen molar-refractivity contribution in [3.05, 3.63) is 65.0 Å². The molecule has 2 aromatic rings. The lowest BCUT2D eigenvalue weighted by molar-refractivity contribution is -0.143. The molecule has 1 heterocycles. The largest absolute Gasteiger partial charge is 0.416 e. The van der Waals surface area contributed by atoms with Crippen molar-refractivity contribution in [3.63, 3.8) is 0 Å². The van der Waals surface area contributed by atoms with Gasteiger partial charge in [0.2, 0.25) is 0 Å². The van der Waals surface area contributed by atoms with E-state index < -0.39 is 51.2 Å². The smallest absolute Gasteiger partial charge is 0.299 e. The fourth-order valence-corrected chi connectivity index (χ4v) is 4.82. The molecule has 0 amide bonds. The summed E-state index contributed by atoms with van der Waals surface area (Å²) in [4.78, 5) is 1.92. The molecular formula is C20H20F7N3O2S. The van der Waals surface area contributed by atoms with E-state index in [1.165, 1.54) is 12.1 Å². The van der Waals surface area contributed by atoms with Crippen LogP contribution in [0.4, 0.5) is 36.4 Å². The van der Waals surface area contributed by atoms with Crippen molar-refractivity contribution in [1.82, 2.24) is 4.90 Å². The summed E-state index contributed by atoms with van der Waals surface area (Å²) >= 11 is 0. The van der Waals surface area contributed by atoms with Crippen molar-refractivity contribution < 1.29 is 39.2 Å². The van der Waals surface area contributed by atoms with Crippen molar-refractivity contribution in [2.75, 3.05) is 17.4 Å². The van der Waals surface area contributed by atoms with Gasteiger partial charge in [0.05, 0.1) is 16.8 Å². The molecule has 33 heavy (non-hydrogen) atoms. The minimum absolute atomic E-state index is 0.0733. The molecule has 13 heteroatoms. The van der Waals surface area contributed by atoms with Gasteiger partial charge in [-0.3, -0.25) is 9.21 Å². The van der Waals surface area contributed by atoms with Gasteiger partial charge in [0.1, 0.15) is 5.82 Å². The fraction of sp³-hybridized carbons (Fsp3) is 0.400. The van der Waals surface area contributed by atoms with Crippen LogP contribution in [0.25, 0.3) is 0 Å². The molecule has 0 aliphatic carbocycles. The van der Waals surface area contributed by atoms with E-state index in [1.807, 2.05) is 4.90 Å². The van der Waals surface area contributed by atoms with Crippen LogP contribution in [0.15, 0.2) is 42.5 Å². The van der Waals surface area contributed by atoms with E-state index in [-0.39, 0.29) is 18.9 Å². The van der Waals surface area contributed by atoms with Crippen LogP contribution in [0.3, 0.4) is 0 Å². The number of alkyl halides is 6. The summed E-state index contributed by atoms with van der Waals surface area (Å²) in [6.07, 6.45) is -10.0. The van der Waals surface area contributed by atoms with Gasteiger partial charge in [-0.2, -0.15) is 34.8 Å². The van der Waals surface area contributed by atoms with Gasteiger partial charge < -0.3 is 0 Å². The minimum atomic E-state index is -5.13. The van der Waals surface area contributed by atoms with Crippen LogP contribution >= 0.6 is 0 Å². The summed E-state index contributed by atoms with van der Waals surface area (Å²) in [5, 5.41) is 5.22. The van der Waals surface area contributed by atoms with Crippen molar-refractivity contribution >= 4 is 15.9 Å². The van der Waals surface area contributed by atoms with E-state index in [9.17, 15) is 39.2 Å². The second-order valence-corrected chi connectivity index (χ2v) is 9.16. The van der Waals surface area contributed by atoms with E-state index >= 15 is 0 Å². The lowest BCUT2D eigenvalue weighted by atomic mass is 10.0. The lowest BCUT2D eigenvalue weighted by Crippen LogP contribution is -2.49. The van der Waals surface area contributed by atoms with Gasteiger partial charge in [0, 0.05) is 25.7 Å². The molecule has 5 nitrogen and oxygen atoms in total. The number of nitrogens with two attached hydrogens (primary N) is 1. The van der Waals surface area contributed by atoms with Crippen molar-refractivity contribution in [2.45, 2.75) is 37.8 Å². The predicted octanol–water partition coefficient (Wildman–Crippen LogP) is 4.54. The summed E-state index contributed by atoms with van der Waals surface area (Å²) in [5.74, 6) is -0.402. The zero-order valence-electron chi connectivity index (χ0n) is 17.0.